The van der Waals surface area contributed by atoms with Crippen molar-refractivity contribution in [2.24, 2.45) is 0 Å². The van der Waals surface area contributed by atoms with Crippen LogP contribution in [0.15, 0.2) is 42.6 Å². The number of fused-ring (bicyclic) bond motifs is 2. The topological polar surface area (TPSA) is 86.0 Å². The van der Waals surface area contributed by atoms with Crippen LogP contribution in [0.4, 0.5) is 5.13 Å². The van der Waals surface area contributed by atoms with Gasteiger partial charge in [-0.05, 0) is 37.6 Å². The van der Waals surface area contributed by atoms with E-state index in [1.165, 1.54) is 11.3 Å². The maximum absolute atomic E-state index is 13.6. The molecule has 0 saturated heterocycles. The standard InChI is InChI=1S/C21H20N6O2S/c1-2-29-15-8-5-9-16-18(15)23-21(30-16)27(13-14-7-3-4-11-22-14)20(28)19-25-24-17-10-6-12-26(17)19/h3-5,7-9,11H,2,6,10,12-13H2,1H3. The van der Waals surface area contributed by atoms with Crippen LogP contribution in [0.5, 0.6) is 5.75 Å². The summed E-state index contributed by atoms with van der Waals surface area (Å²) < 4.78 is 8.59. The number of ether oxygens (including phenoxy) is 1. The van der Waals surface area contributed by atoms with Gasteiger partial charge in [0.2, 0.25) is 5.82 Å². The largest absolute Gasteiger partial charge is 0.492 e. The minimum Gasteiger partial charge on any atom is -0.492 e. The number of benzene rings is 1. The van der Waals surface area contributed by atoms with Crippen LogP contribution in [-0.4, -0.2) is 37.2 Å². The highest BCUT2D eigenvalue weighted by molar-refractivity contribution is 7.22. The van der Waals surface area contributed by atoms with E-state index in [4.69, 9.17) is 9.72 Å². The molecule has 152 valence electrons. The molecule has 4 heterocycles. The summed E-state index contributed by atoms with van der Waals surface area (Å²) in [5.41, 5.74) is 1.53. The Kier molecular flexibility index (Phi) is 4.88. The van der Waals surface area contributed by atoms with Gasteiger partial charge < -0.3 is 9.30 Å². The molecule has 0 fully saturated rings. The van der Waals surface area contributed by atoms with Gasteiger partial charge in [-0.3, -0.25) is 14.7 Å². The Morgan fingerprint density at radius 3 is 3.00 bits per heavy atom. The first kappa shape index (κ1) is 18.7. The lowest BCUT2D eigenvalue weighted by atomic mass is 10.3. The molecule has 9 heteroatoms. The second-order valence-corrected chi connectivity index (χ2v) is 7.95. The fourth-order valence-electron chi connectivity index (χ4n) is 3.61. The number of carbonyl (C=O) groups excluding carboxylic acids is 1. The van der Waals surface area contributed by atoms with E-state index >= 15 is 0 Å². The molecule has 1 aliphatic rings. The average molecular weight is 420 g/mol. The second-order valence-electron chi connectivity index (χ2n) is 6.94. The maximum Gasteiger partial charge on any atom is 0.298 e. The van der Waals surface area contributed by atoms with Gasteiger partial charge >= 0.3 is 0 Å². The molecule has 8 nitrogen and oxygen atoms in total. The van der Waals surface area contributed by atoms with Crippen LogP contribution < -0.4 is 9.64 Å². The van der Waals surface area contributed by atoms with E-state index in [0.29, 0.717) is 29.9 Å². The first-order valence-electron chi connectivity index (χ1n) is 9.91. The van der Waals surface area contributed by atoms with E-state index in [0.717, 1.165) is 41.1 Å². The number of carbonyl (C=O) groups is 1. The third kappa shape index (κ3) is 3.30. The van der Waals surface area contributed by atoms with Crippen molar-refractivity contribution in [3.63, 3.8) is 0 Å². The fraction of sp³-hybridized carbons (Fsp3) is 0.286. The summed E-state index contributed by atoms with van der Waals surface area (Å²) in [6.07, 6.45) is 3.54. The predicted octanol–water partition coefficient (Wildman–Crippen LogP) is 3.47. The molecule has 4 aromatic rings. The molecular formula is C21H20N6O2S. The number of nitrogens with zero attached hydrogens (tertiary/aromatic N) is 6. The van der Waals surface area contributed by atoms with Crippen molar-refractivity contribution in [3.8, 4) is 5.75 Å². The van der Waals surface area contributed by atoms with E-state index in [1.54, 1.807) is 11.1 Å². The van der Waals surface area contributed by atoms with Gasteiger partial charge in [-0.1, -0.05) is 23.5 Å². The molecule has 0 bridgehead atoms. The number of hydrogen-bond donors (Lipinski definition) is 0. The normalized spacial score (nSPS) is 12.8. The van der Waals surface area contributed by atoms with Crippen molar-refractivity contribution in [1.82, 2.24) is 24.7 Å². The van der Waals surface area contributed by atoms with Gasteiger partial charge in [-0.2, -0.15) is 0 Å². The minimum atomic E-state index is -0.224. The number of para-hydroxylation sites is 1. The summed E-state index contributed by atoms with van der Waals surface area (Å²) >= 11 is 1.45. The first-order chi connectivity index (χ1) is 14.7. The lowest BCUT2D eigenvalue weighted by molar-refractivity contribution is 0.0970. The van der Waals surface area contributed by atoms with Crippen molar-refractivity contribution < 1.29 is 9.53 Å². The Hall–Kier alpha value is -3.33. The van der Waals surface area contributed by atoms with Crippen LogP contribution in [0.2, 0.25) is 0 Å². The van der Waals surface area contributed by atoms with E-state index in [2.05, 4.69) is 15.2 Å². The van der Waals surface area contributed by atoms with Crippen molar-refractivity contribution in [2.45, 2.75) is 32.9 Å². The number of aryl methyl sites for hydroxylation is 1. The first-order valence-corrected chi connectivity index (χ1v) is 10.7. The number of hydrogen-bond acceptors (Lipinski definition) is 7. The molecule has 0 N–H and O–H groups in total. The van der Waals surface area contributed by atoms with Gasteiger partial charge in [-0.15, -0.1) is 10.2 Å². The highest BCUT2D eigenvalue weighted by Gasteiger charge is 2.29. The third-order valence-electron chi connectivity index (χ3n) is 4.99. The SMILES string of the molecule is CCOc1cccc2sc(N(Cc3ccccn3)C(=O)c3nnc4n3CCC4)nc12. The average Bonchev–Trinajstić information content (AvgIpc) is 3.48. The fourth-order valence-corrected chi connectivity index (χ4v) is 4.59. The van der Waals surface area contributed by atoms with Gasteiger partial charge in [0.1, 0.15) is 17.1 Å². The number of thiazole rings is 1. The Balaban J connectivity index is 1.58. The number of aromatic nitrogens is 5. The highest BCUT2D eigenvalue weighted by Crippen LogP contribution is 2.35. The number of pyridine rings is 1. The summed E-state index contributed by atoms with van der Waals surface area (Å²) in [5, 5.41) is 8.96. The molecule has 0 saturated carbocycles. The third-order valence-corrected chi connectivity index (χ3v) is 6.04. The van der Waals surface area contributed by atoms with Gasteiger partial charge in [0.25, 0.3) is 5.91 Å². The molecule has 30 heavy (non-hydrogen) atoms. The zero-order valence-electron chi connectivity index (χ0n) is 16.5. The molecule has 1 aliphatic heterocycles. The van der Waals surface area contributed by atoms with Crippen LogP contribution in [-0.2, 0) is 19.5 Å². The molecular weight excluding hydrogens is 400 g/mol. The van der Waals surface area contributed by atoms with Crippen molar-refractivity contribution in [2.75, 3.05) is 11.5 Å². The summed E-state index contributed by atoms with van der Waals surface area (Å²) in [7, 11) is 0. The summed E-state index contributed by atoms with van der Waals surface area (Å²) in [5.74, 6) is 1.70. The molecule has 3 aromatic heterocycles. The van der Waals surface area contributed by atoms with Crippen LogP contribution in [0, 0.1) is 0 Å². The summed E-state index contributed by atoms with van der Waals surface area (Å²) in [6.45, 7) is 3.55. The molecule has 1 aromatic carbocycles. The van der Waals surface area contributed by atoms with E-state index in [1.807, 2.05) is 47.9 Å². The summed E-state index contributed by atoms with van der Waals surface area (Å²) in [4.78, 5) is 24.4. The smallest absolute Gasteiger partial charge is 0.298 e. The summed E-state index contributed by atoms with van der Waals surface area (Å²) in [6, 6.07) is 11.5. The highest BCUT2D eigenvalue weighted by atomic mass is 32.1. The van der Waals surface area contributed by atoms with Crippen molar-refractivity contribution in [3.05, 3.63) is 59.9 Å². The minimum absolute atomic E-state index is 0.224. The Bertz CT molecular complexity index is 1200. The molecule has 5 rings (SSSR count). The quantitative estimate of drug-likeness (QED) is 0.475. The van der Waals surface area contributed by atoms with Crippen molar-refractivity contribution in [1.29, 1.82) is 0 Å². The van der Waals surface area contributed by atoms with Crippen LogP contribution >= 0.6 is 11.3 Å². The Morgan fingerprint density at radius 1 is 1.23 bits per heavy atom. The lowest BCUT2D eigenvalue weighted by Crippen LogP contribution is -2.33. The maximum atomic E-state index is 13.6. The Labute approximate surface area is 177 Å². The van der Waals surface area contributed by atoms with E-state index < -0.39 is 0 Å². The van der Waals surface area contributed by atoms with E-state index in [-0.39, 0.29) is 5.91 Å². The van der Waals surface area contributed by atoms with Crippen molar-refractivity contribution >= 4 is 32.6 Å². The Morgan fingerprint density at radius 2 is 2.17 bits per heavy atom. The van der Waals surface area contributed by atoms with Crippen LogP contribution in [0.3, 0.4) is 0 Å². The molecule has 0 spiro atoms. The number of rotatable bonds is 6. The van der Waals surface area contributed by atoms with Gasteiger partial charge in [-0.25, -0.2) is 4.98 Å². The zero-order valence-corrected chi connectivity index (χ0v) is 17.3. The van der Waals surface area contributed by atoms with Crippen LogP contribution in [0.1, 0.15) is 35.5 Å². The number of anilines is 1. The lowest BCUT2D eigenvalue weighted by Gasteiger charge is -2.19. The van der Waals surface area contributed by atoms with E-state index in [9.17, 15) is 4.79 Å². The molecule has 0 atom stereocenters. The second kappa shape index (κ2) is 7.83. The van der Waals surface area contributed by atoms with Gasteiger partial charge in [0, 0.05) is 19.2 Å². The predicted molar refractivity (Wildman–Crippen MR) is 114 cm³/mol. The van der Waals surface area contributed by atoms with Gasteiger partial charge in [0.05, 0.1) is 23.5 Å². The van der Waals surface area contributed by atoms with Crippen LogP contribution in [0.25, 0.3) is 10.2 Å². The van der Waals surface area contributed by atoms with Gasteiger partial charge in [0.15, 0.2) is 5.13 Å². The zero-order chi connectivity index (χ0) is 20.5. The molecule has 0 aliphatic carbocycles. The number of amides is 1. The molecule has 0 unspecified atom stereocenters. The monoisotopic (exact) mass is 420 g/mol. The molecule has 0 radical (unpaired) electrons. The molecule has 1 amide bonds.